The third kappa shape index (κ3) is 3.50. The molecule has 27 heavy (non-hydrogen) atoms. The van der Waals surface area contributed by atoms with Gasteiger partial charge in [0.2, 0.25) is 12.7 Å². The Kier molecular flexibility index (Phi) is 4.99. The molecular formula is C19H24N4O3S. The van der Waals surface area contributed by atoms with Gasteiger partial charge >= 0.3 is 0 Å². The van der Waals surface area contributed by atoms with Crippen LogP contribution < -0.4 is 9.47 Å². The van der Waals surface area contributed by atoms with Gasteiger partial charge in [0.25, 0.3) is 0 Å². The quantitative estimate of drug-likeness (QED) is 0.750. The number of fused-ring (bicyclic) bond motifs is 1. The van der Waals surface area contributed by atoms with Crippen molar-refractivity contribution in [3.05, 3.63) is 18.2 Å². The van der Waals surface area contributed by atoms with Crippen molar-refractivity contribution in [1.82, 2.24) is 19.7 Å². The fourth-order valence-electron chi connectivity index (χ4n) is 3.84. The molecule has 7 nitrogen and oxygen atoms in total. The molecule has 1 amide bonds. The van der Waals surface area contributed by atoms with Crippen LogP contribution in [0.3, 0.4) is 0 Å². The molecule has 0 unspecified atom stereocenters. The molecule has 1 saturated heterocycles. The van der Waals surface area contributed by atoms with E-state index in [-0.39, 0.29) is 12.7 Å². The standard InChI is InChI=1S/C19H24N4O3S/c1-12-5-4-6-13(2)23(12)17(24)10-27-19-21-20-18(22(19)3)14-7-8-15-16(9-14)26-11-25-15/h7-9,12-13H,4-6,10-11H2,1-3H3/t12-,13+. The lowest BCUT2D eigenvalue weighted by molar-refractivity contribution is -0.134. The fourth-order valence-corrected chi connectivity index (χ4v) is 4.62. The lowest BCUT2D eigenvalue weighted by Crippen LogP contribution is -2.48. The van der Waals surface area contributed by atoms with Gasteiger partial charge in [-0.15, -0.1) is 10.2 Å². The van der Waals surface area contributed by atoms with E-state index in [1.807, 2.05) is 34.7 Å². The van der Waals surface area contributed by atoms with Crippen molar-refractivity contribution in [2.45, 2.75) is 50.4 Å². The van der Waals surface area contributed by atoms with Crippen LogP contribution in [-0.2, 0) is 11.8 Å². The Balaban J connectivity index is 1.46. The van der Waals surface area contributed by atoms with Gasteiger partial charge in [-0.1, -0.05) is 11.8 Å². The van der Waals surface area contributed by atoms with Crippen molar-refractivity contribution < 1.29 is 14.3 Å². The van der Waals surface area contributed by atoms with E-state index >= 15 is 0 Å². The Morgan fingerprint density at radius 2 is 1.93 bits per heavy atom. The molecular weight excluding hydrogens is 364 g/mol. The van der Waals surface area contributed by atoms with Crippen molar-refractivity contribution in [1.29, 1.82) is 0 Å². The number of likely N-dealkylation sites (tertiary alicyclic amines) is 1. The molecule has 1 aromatic heterocycles. The van der Waals surface area contributed by atoms with Crippen LogP contribution in [0.1, 0.15) is 33.1 Å². The molecule has 0 bridgehead atoms. The number of hydrogen-bond donors (Lipinski definition) is 0. The minimum Gasteiger partial charge on any atom is -0.454 e. The third-order valence-electron chi connectivity index (χ3n) is 5.27. The number of benzene rings is 1. The van der Waals surface area contributed by atoms with Crippen LogP contribution in [0.15, 0.2) is 23.4 Å². The van der Waals surface area contributed by atoms with Gasteiger partial charge in [-0.25, -0.2) is 0 Å². The number of nitrogens with zero attached hydrogens (tertiary/aromatic N) is 4. The monoisotopic (exact) mass is 388 g/mol. The van der Waals surface area contributed by atoms with Gasteiger partial charge in [0.15, 0.2) is 22.5 Å². The van der Waals surface area contributed by atoms with Crippen LogP contribution in [0.5, 0.6) is 11.5 Å². The Morgan fingerprint density at radius 1 is 1.19 bits per heavy atom. The van der Waals surface area contributed by atoms with E-state index in [9.17, 15) is 4.79 Å². The molecule has 1 aromatic carbocycles. The van der Waals surface area contributed by atoms with E-state index in [1.165, 1.54) is 18.2 Å². The van der Waals surface area contributed by atoms with Crippen LogP contribution in [0.25, 0.3) is 11.4 Å². The summed E-state index contributed by atoms with van der Waals surface area (Å²) in [7, 11) is 1.92. The normalized spacial score (nSPS) is 21.5. The zero-order chi connectivity index (χ0) is 19.0. The first-order valence-electron chi connectivity index (χ1n) is 9.28. The molecule has 2 aromatic rings. The summed E-state index contributed by atoms with van der Waals surface area (Å²) in [5, 5.41) is 9.31. The minimum absolute atomic E-state index is 0.173. The van der Waals surface area contributed by atoms with Crippen LogP contribution in [0, 0.1) is 0 Å². The van der Waals surface area contributed by atoms with Crippen molar-refractivity contribution >= 4 is 17.7 Å². The SMILES string of the molecule is C[C@@H]1CCC[C@H](C)N1C(=O)CSc1nnc(-c2ccc3c(c2)OCO3)n1C. The average molecular weight is 388 g/mol. The molecule has 0 N–H and O–H groups in total. The van der Waals surface area contributed by atoms with E-state index in [4.69, 9.17) is 9.47 Å². The van der Waals surface area contributed by atoms with Crippen molar-refractivity contribution in [3.8, 4) is 22.9 Å². The van der Waals surface area contributed by atoms with Gasteiger partial charge < -0.3 is 18.9 Å². The van der Waals surface area contributed by atoms with Crippen LogP contribution in [0.4, 0.5) is 0 Å². The van der Waals surface area contributed by atoms with Gasteiger partial charge in [-0.2, -0.15) is 0 Å². The second-order valence-electron chi connectivity index (χ2n) is 7.15. The molecule has 0 radical (unpaired) electrons. The second-order valence-corrected chi connectivity index (χ2v) is 8.09. The van der Waals surface area contributed by atoms with E-state index in [2.05, 4.69) is 24.0 Å². The highest BCUT2D eigenvalue weighted by molar-refractivity contribution is 7.99. The van der Waals surface area contributed by atoms with E-state index < -0.39 is 0 Å². The molecule has 2 aliphatic heterocycles. The summed E-state index contributed by atoms with van der Waals surface area (Å²) in [5.41, 5.74) is 0.908. The van der Waals surface area contributed by atoms with E-state index in [1.54, 1.807) is 0 Å². The molecule has 0 spiro atoms. The highest BCUT2D eigenvalue weighted by atomic mass is 32.2. The number of amides is 1. The summed E-state index contributed by atoms with van der Waals surface area (Å²) in [6, 6.07) is 6.34. The number of ether oxygens (including phenoxy) is 2. The predicted molar refractivity (Wildman–Crippen MR) is 103 cm³/mol. The van der Waals surface area contributed by atoms with Gasteiger partial charge in [0.1, 0.15) is 0 Å². The average Bonchev–Trinajstić information content (AvgIpc) is 3.25. The maximum Gasteiger partial charge on any atom is 0.233 e. The number of hydrogen-bond acceptors (Lipinski definition) is 6. The summed E-state index contributed by atoms with van der Waals surface area (Å²) in [6.45, 7) is 4.52. The van der Waals surface area contributed by atoms with Crippen LogP contribution >= 0.6 is 11.8 Å². The number of carbonyl (C=O) groups excluding carboxylic acids is 1. The number of carbonyl (C=O) groups is 1. The molecule has 0 aliphatic carbocycles. The molecule has 144 valence electrons. The number of piperidine rings is 1. The van der Waals surface area contributed by atoms with Crippen molar-refractivity contribution in [2.24, 2.45) is 7.05 Å². The van der Waals surface area contributed by atoms with Crippen molar-refractivity contribution in [2.75, 3.05) is 12.5 Å². The van der Waals surface area contributed by atoms with E-state index in [0.717, 1.165) is 35.1 Å². The minimum atomic E-state index is 0.173. The molecule has 2 aliphatic rings. The first kappa shape index (κ1) is 18.2. The van der Waals surface area contributed by atoms with Crippen LogP contribution in [-0.4, -0.2) is 50.2 Å². The molecule has 8 heteroatoms. The zero-order valence-corrected chi connectivity index (χ0v) is 16.7. The Labute approximate surface area is 163 Å². The Hall–Kier alpha value is -2.22. The number of aromatic nitrogens is 3. The number of thioether (sulfide) groups is 1. The molecule has 4 rings (SSSR count). The first-order chi connectivity index (χ1) is 13.0. The maximum absolute atomic E-state index is 12.7. The van der Waals surface area contributed by atoms with Gasteiger partial charge in [-0.05, 0) is 51.3 Å². The fraction of sp³-hybridized carbons (Fsp3) is 0.526. The Morgan fingerprint density at radius 3 is 2.70 bits per heavy atom. The number of rotatable bonds is 4. The van der Waals surface area contributed by atoms with E-state index in [0.29, 0.717) is 23.6 Å². The zero-order valence-electron chi connectivity index (χ0n) is 15.8. The molecule has 0 saturated carbocycles. The summed E-state index contributed by atoms with van der Waals surface area (Å²) in [4.78, 5) is 14.8. The summed E-state index contributed by atoms with van der Waals surface area (Å²) < 4.78 is 12.7. The molecule has 3 heterocycles. The lowest BCUT2D eigenvalue weighted by atomic mass is 9.98. The smallest absolute Gasteiger partial charge is 0.233 e. The summed E-state index contributed by atoms with van der Waals surface area (Å²) in [6.07, 6.45) is 3.36. The van der Waals surface area contributed by atoms with Gasteiger partial charge in [0, 0.05) is 24.7 Å². The largest absolute Gasteiger partial charge is 0.454 e. The predicted octanol–water partition coefficient (Wildman–Crippen LogP) is 3.09. The summed E-state index contributed by atoms with van der Waals surface area (Å²) >= 11 is 1.44. The Bertz CT molecular complexity index is 843. The van der Waals surface area contributed by atoms with Crippen LogP contribution in [0.2, 0.25) is 0 Å². The topological polar surface area (TPSA) is 69.5 Å². The second kappa shape index (κ2) is 7.42. The summed E-state index contributed by atoms with van der Waals surface area (Å²) in [5.74, 6) is 2.75. The van der Waals surface area contributed by atoms with Gasteiger partial charge in [-0.3, -0.25) is 4.79 Å². The molecule has 2 atom stereocenters. The first-order valence-corrected chi connectivity index (χ1v) is 10.3. The highest BCUT2D eigenvalue weighted by Gasteiger charge is 2.29. The lowest BCUT2D eigenvalue weighted by Gasteiger charge is -2.39. The third-order valence-corrected chi connectivity index (χ3v) is 6.28. The maximum atomic E-state index is 12.7. The molecule has 1 fully saturated rings. The van der Waals surface area contributed by atoms with Crippen molar-refractivity contribution in [3.63, 3.8) is 0 Å². The van der Waals surface area contributed by atoms with Gasteiger partial charge in [0.05, 0.1) is 5.75 Å². The highest BCUT2D eigenvalue weighted by Crippen LogP contribution is 2.36.